The van der Waals surface area contributed by atoms with Gasteiger partial charge in [0.25, 0.3) is 0 Å². The van der Waals surface area contributed by atoms with Crippen molar-refractivity contribution in [3.63, 3.8) is 0 Å². The van der Waals surface area contributed by atoms with Crippen molar-refractivity contribution < 1.29 is 13.2 Å². The number of alkyl halides is 3. The van der Waals surface area contributed by atoms with Crippen molar-refractivity contribution in [2.24, 2.45) is 11.8 Å². The lowest BCUT2D eigenvalue weighted by Crippen LogP contribution is -2.26. The average Bonchev–Trinajstić information content (AvgIpc) is 2.45. The van der Waals surface area contributed by atoms with Crippen molar-refractivity contribution >= 4 is 0 Å². The molecule has 0 saturated heterocycles. The fourth-order valence-corrected chi connectivity index (χ4v) is 2.73. The van der Waals surface area contributed by atoms with Crippen molar-refractivity contribution in [2.45, 2.75) is 71.9 Å². The minimum Gasteiger partial charge on any atom is -0.248 e. The Balaban J connectivity index is 2.58. The molecular weight excluding hydrogens is 285 g/mol. The van der Waals surface area contributed by atoms with Gasteiger partial charge in [-0.3, -0.25) is 0 Å². The van der Waals surface area contributed by atoms with Gasteiger partial charge in [-0.25, -0.2) is 13.2 Å². The molecule has 0 aromatic heterocycles. The second-order valence-electron chi connectivity index (χ2n) is 6.82. The molecule has 1 aromatic rings. The van der Waals surface area contributed by atoms with E-state index in [9.17, 15) is 13.2 Å². The molecule has 1 aromatic carbocycles. The third-order valence-electron chi connectivity index (χ3n) is 4.76. The number of benzene rings is 1. The molecule has 22 heavy (non-hydrogen) atoms. The molecule has 3 heteroatoms. The average molecular weight is 314 g/mol. The van der Waals surface area contributed by atoms with Gasteiger partial charge in [-0.15, -0.1) is 0 Å². The predicted molar refractivity (Wildman–Crippen MR) is 87.5 cm³/mol. The van der Waals surface area contributed by atoms with Crippen LogP contribution in [-0.2, 0) is 0 Å². The number of aryl methyl sites for hydroxylation is 1. The fraction of sp³-hybridized carbons (Fsp3) is 0.684. The van der Waals surface area contributed by atoms with E-state index in [1.807, 2.05) is 45.0 Å². The smallest absolute Gasteiger partial charge is 0.107 e. The van der Waals surface area contributed by atoms with Crippen molar-refractivity contribution in [1.82, 2.24) is 0 Å². The van der Waals surface area contributed by atoms with Gasteiger partial charge in [0.05, 0.1) is 0 Å². The van der Waals surface area contributed by atoms with Gasteiger partial charge < -0.3 is 0 Å². The Morgan fingerprint density at radius 1 is 0.818 bits per heavy atom. The number of rotatable bonds is 8. The lowest BCUT2D eigenvalue weighted by Gasteiger charge is -2.27. The normalized spacial score (nSPS) is 20.0. The molecule has 1 rings (SSSR count). The third-order valence-corrected chi connectivity index (χ3v) is 4.76. The van der Waals surface area contributed by atoms with Crippen LogP contribution in [0.15, 0.2) is 24.3 Å². The number of hydrogen-bond donors (Lipinski definition) is 0. The summed E-state index contributed by atoms with van der Waals surface area (Å²) in [5.74, 6) is -0.660. The highest BCUT2D eigenvalue weighted by molar-refractivity contribution is 5.24. The first kappa shape index (κ1) is 19.1. The van der Waals surface area contributed by atoms with Crippen LogP contribution < -0.4 is 0 Å². The summed E-state index contributed by atoms with van der Waals surface area (Å²) in [7, 11) is 0. The molecule has 0 N–H and O–H groups in total. The minimum absolute atomic E-state index is 0.101. The van der Waals surface area contributed by atoms with Crippen molar-refractivity contribution in [2.75, 3.05) is 0 Å². The Hall–Kier alpha value is -0.990. The Bertz CT molecular complexity index is 427. The zero-order chi connectivity index (χ0) is 16.9. The summed E-state index contributed by atoms with van der Waals surface area (Å²) >= 11 is 0. The monoisotopic (exact) mass is 314 g/mol. The van der Waals surface area contributed by atoms with Crippen LogP contribution in [0.1, 0.15) is 57.6 Å². The zero-order valence-corrected chi connectivity index (χ0v) is 14.3. The van der Waals surface area contributed by atoms with Gasteiger partial charge in [0.1, 0.15) is 18.5 Å². The molecule has 126 valence electrons. The molecule has 0 spiro atoms. The molecule has 0 nitrogen and oxygen atoms in total. The van der Waals surface area contributed by atoms with Gasteiger partial charge in [-0.05, 0) is 37.7 Å². The Morgan fingerprint density at radius 2 is 1.36 bits per heavy atom. The SMILES string of the molecule is Cc1ccc(C(C)C(F)CC(C)C(C)C(F)CC(C)F)cc1. The third kappa shape index (κ3) is 5.66. The zero-order valence-electron chi connectivity index (χ0n) is 14.3. The van der Waals surface area contributed by atoms with Crippen LogP contribution in [0.2, 0.25) is 0 Å². The van der Waals surface area contributed by atoms with E-state index >= 15 is 0 Å². The van der Waals surface area contributed by atoms with Gasteiger partial charge in [-0.1, -0.05) is 50.6 Å². The van der Waals surface area contributed by atoms with Crippen molar-refractivity contribution in [3.05, 3.63) is 35.4 Å². The van der Waals surface area contributed by atoms with Crippen LogP contribution >= 0.6 is 0 Å². The topological polar surface area (TPSA) is 0 Å². The van der Waals surface area contributed by atoms with Crippen LogP contribution in [0.25, 0.3) is 0 Å². The second-order valence-corrected chi connectivity index (χ2v) is 6.82. The molecule has 0 heterocycles. The number of hydrogen-bond acceptors (Lipinski definition) is 0. The fourth-order valence-electron chi connectivity index (χ4n) is 2.73. The van der Waals surface area contributed by atoms with E-state index in [0.717, 1.165) is 11.1 Å². The standard InChI is InChI=1S/C19H29F3/c1-12-6-8-17(9-7-12)16(5)18(21)10-13(2)15(4)19(22)11-14(3)20/h6-9,13-16,18-19H,10-11H2,1-5H3. The summed E-state index contributed by atoms with van der Waals surface area (Å²) in [5.41, 5.74) is 2.11. The van der Waals surface area contributed by atoms with E-state index in [2.05, 4.69) is 0 Å². The molecule has 0 aliphatic heterocycles. The van der Waals surface area contributed by atoms with E-state index in [-0.39, 0.29) is 24.2 Å². The maximum Gasteiger partial charge on any atom is 0.107 e. The molecule has 0 bridgehead atoms. The van der Waals surface area contributed by atoms with Crippen molar-refractivity contribution in [3.8, 4) is 0 Å². The highest BCUT2D eigenvalue weighted by Gasteiger charge is 2.28. The lowest BCUT2D eigenvalue weighted by molar-refractivity contribution is 0.120. The van der Waals surface area contributed by atoms with Crippen LogP contribution in [0.3, 0.4) is 0 Å². The molecule has 6 unspecified atom stereocenters. The second kappa shape index (κ2) is 8.59. The Kier molecular flexibility index (Phi) is 7.44. The van der Waals surface area contributed by atoms with E-state index in [1.54, 1.807) is 6.92 Å². The van der Waals surface area contributed by atoms with Gasteiger partial charge in [0.15, 0.2) is 0 Å². The predicted octanol–water partition coefficient (Wildman–Crippen LogP) is 6.19. The molecule has 0 aliphatic carbocycles. The summed E-state index contributed by atoms with van der Waals surface area (Å²) in [6.07, 6.45) is -3.18. The highest BCUT2D eigenvalue weighted by atomic mass is 19.1. The summed E-state index contributed by atoms with van der Waals surface area (Å²) < 4.78 is 41.4. The minimum atomic E-state index is -1.21. The molecule has 0 aliphatic rings. The molecular formula is C19H29F3. The highest BCUT2D eigenvalue weighted by Crippen LogP contribution is 2.31. The lowest BCUT2D eigenvalue weighted by atomic mass is 9.82. The molecule has 6 atom stereocenters. The molecule has 0 fully saturated rings. The summed E-state index contributed by atoms with van der Waals surface area (Å²) in [5, 5.41) is 0. The molecule has 0 amide bonds. The maximum absolute atomic E-state index is 14.5. The maximum atomic E-state index is 14.5. The largest absolute Gasteiger partial charge is 0.248 e. The van der Waals surface area contributed by atoms with E-state index in [0.29, 0.717) is 6.42 Å². The van der Waals surface area contributed by atoms with Crippen LogP contribution in [0.4, 0.5) is 13.2 Å². The van der Waals surface area contributed by atoms with E-state index in [1.165, 1.54) is 6.92 Å². The Morgan fingerprint density at radius 3 is 1.86 bits per heavy atom. The number of halogens is 3. The van der Waals surface area contributed by atoms with Gasteiger partial charge >= 0.3 is 0 Å². The summed E-state index contributed by atoms with van der Waals surface area (Å²) in [6.45, 7) is 8.83. The summed E-state index contributed by atoms with van der Waals surface area (Å²) in [4.78, 5) is 0. The quantitative estimate of drug-likeness (QED) is 0.537. The van der Waals surface area contributed by atoms with E-state index < -0.39 is 18.5 Å². The molecule has 0 saturated carbocycles. The first-order valence-corrected chi connectivity index (χ1v) is 8.21. The first-order valence-electron chi connectivity index (χ1n) is 8.21. The Labute approximate surface area is 133 Å². The van der Waals surface area contributed by atoms with Crippen molar-refractivity contribution in [1.29, 1.82) is 0 Å². The van der Waals surface area contributed by atoms with Crippen LogP contribution in [-0.4, -0.2) is 18.5 Å². The molecule has 0 radical (unpaired) electrons. The van der Waals surface area contributed by atoms with Gasteiger partial charge in [0.2, 0.25) is 0 Å². The van der Waals surface area contributed by atoms with E-state index in [4.69, 9.17) is 0 Å². The summed E-state index contributed by atoms with van der Waals surface area (Å²) in [6, 6.07) is 7.85. The van der Waals surface area contributed by atoms with Crippen LogP contribution in [0.5, 0.6) is 0 Å². The van der Waals surface area contributed by atoms with Gasteiger partial charge in [-0.2, -0.15) is 0 Å². The van der Waals surface area contributed by atoms with Crippen LogP contribution in [0, 0.1) is 18.8 Å². The first-order chi connectivity index (χ1) is 10.2. The van der Waals surface area contributed by atoms with Gasteiger partial charge in [0, 0.05) is 12.3 Å².